The first kappa shape index (κ1) is 14.7. The van der Waals surface area contributed by atoms with E-state index in [-0.39, 0.29) is 5.91 Å². The Bertz CT molecular complexity index is 850. The number of benzene rings is 2. The van der Waals surface area contributed by atoms with Crippen LogP contribution in [-0.2, 0) is 0 Å². The Kier molecular flexibility index (Phi) is 3.87. The summed E-state index contributed by atoms with van der Waals surface area (Å²) in [6.07, 6.45) is 3.33. The van der Waals surface area contributed by atoms with Gasteiger partial charge in [-0.1, -0.05) is 36.4 Å². The van der Waals surface area contributed by atoms with E-state index in [4.69, 9.17) is 0 Å². The number of nitrogens with zero attached hydrogens (tertiary/aromatic N) is 3. The summed E-state index contributed by atoms with van der Waals surface area (Å²) in [5.41, 5.74) is 1.97. The van der Waals surface area contributed by atoms with E-state index < -0.39 is 0 Å². The van der Waals surface area contributed by atoms with Crippen LogP contribution < -0.4 is 4.90 Å². The molecule has 0 bridgehead atoms. The standard InChI is InChI=1S/C20H19N3O/c24-20(17-8-10-21-11-9-17)23-14-12-22(13-15-23)19-7-3-5-16-4-1-2-6-18(16)19/h1-11H,12-15H2. The highest BCUT2D eigenvalue weighted by Crippen LogP contribution is 2.27. The summed E-state index contributed by atoms with van der Waals surface area (Å²) in [5.74, 6) is 0.0926. The summed E-state index contributed by atoms with van der Waals surface area (Å²) < 4.78 is 0. The fourth-order valence-electron chi connectivity index (χ4n) is 3.31. The van der Waals surface area contributed by atoms with Crippen LogP contribution in [0.15, 0.2) is 67.0 Å². The number of piperazine rings is 1. The third kappa shape index (κ3) is 2.71. The summed E-state index contributed by atoms with van der Waals surface area (Å²) in [4.78, 5) is 20.8. The first-order valence-electron chi connectivity index (χ1n) is 8.25. The average molecular weight is 317 g/mol. The van der Waals surface area contributed by atoms with Crippen LogP contribution in [0.25, 0.3) is 10.8 Å². The number of pyridine rings is 1. The molecule has 24 heavy (non-hydrogen) atoms. The molecule has 0 unspecified atom stereocenters. The molecule has 1 amide bonds. The third-order valence-corrected chi connectivity index (χ3v) is 4.60. The molecule has 3 aromatic rings. The van der Waals surface area contributed by atoms with Gasteiger partial charge in [0, 0.05) is 55.2 Å². The number of anilines is 1. The van der Waals surface area contributed by atoms with Crippen molar-refractivity contribution < 1.29 is 4.79 Å². The van der Waals surface area contributed by atoms with Crippen molar-refractivity contribution in [3.63, 3.8) is 0 Å². The van der Waals surface area contributed by atoms with E-state index in [2.05, 4.69) is 52.3 Å². The van der Waals surface area contributed by atoms with Crippen LogP contribution in [0.4, 0.5) is 5.69 Å². The number of amides is 1. The molecule has 2 heterocycles. The first-order valence-corrected chi connectivity index (χ1v) is 8.25. The van der Waals surface area contributed by atoms with Crippen LogP contribution in [0.3, 0.4) is 0 Å². The van der Waals surface area contributed by atoms with Crippen LogP contribution in [-0.4, -0.2) is 42.0 Å². The predicted octanol–water partition coefficient (Wildman–Crippen LogP) is 3.20. The Balaban J connectivity index is 1.51. The lowest BCUT2D eigenvalue weighted by molar-refractivity contribution is 0.0747. The normalized spacial score (nSPS) is 14.8. The van der Waals surface area contributed by atoms with Gasteiger partial charge in [0.25, 0.3) is 5.91 Å². The Morgan fingerprint density at radius 1 is 0.833 bits per heavy atom. The van der Waals surface area contributed by atoms with Crippen molar-refractivity contribution in [1.29, 1.82) is 0 Å². The van der Waals surface area contributed by atoms with Gasteiger partial charge in [-0.2, -0.15) is 0 Å². The molecule has 4 rings (SSSR count). The highest BCUT2D eigenvalue weighted by atomic mass is 16.2. The molecular weight excluding hydrogens is 298 g/mol. The van der Waals surface area contributed by atoms with Crippen molar-refractivity contribution in [1.82, 2.24) is 9.88 Å². The van der Waals surface area contributed by atoms with Crippen molar-refractivity contribution in [3.8, 4) is 0 Å². The van der Waals surface area contributed by atoms with E-state index in [1.54, 1.807) is 24.5 Å². The molecule has 1 aliphatic heterocycles. The molecule has 4 heteroatoms. The lowest BCUT2D eigenvalue weighted by Gasteiger charge is -2.36. The van der Waals surface area contributed by atoms with E-state index in [1.807, 2.05) is 4.90 Å². The van der Waals surface area contributed by atoms with Crippen LogP contribution >= 0.6 is 0 Å². The molecule has 0 N–H and O–H groups in total. The summed E-state index contributed by atoms with van der Waals surface area (Å²) in [5, 5.41) is 2.53. The van der Waals surface area contributed by atoms with Gasteiger partial charge in [-0.25, -0.2) is 0 Å². The van der Waals surface area contributed by atoms with Crippen LogP contribution in [0.5, 0.6) is 0 Å². The highest BCUT2D eigenvalue weighted by Gasteiger charge is 2.22. The number of aromatic nitrogens is 1. The fraction of sp³-hybridized carbons (Fsp3) is 0.200. The average Bonchev–Trinajstić information content (AvgIpc) is 2.68. The van der Waals surface area contributed by atoms with E-state index >= 15 is 0 Å². The zero-order valence-electron chi connectivity index (χ0n) is 13.4. The maximum Gasteiger partial charge on any atom is 0.254 e. The Morgan fingerprint density at radius 3 is 2.33 bits per heavy atom. The largest absolute Gasteiger partial charge is 0.367 e. The number of hydrogen-bond donors (Lipinski definition) is 0. The van der Waals surface area contributed by atoms with Gasteiger partial charge in [0.2, 0.25) is 0 Å². The van der Waals surface area contributed by atoms with Gasteiger partial charge in [-0.3, -0.25) is 9.78 Å². The first-order chi connectivity index (χ1) is 11.8. The van der Waals surface area contributed by atoms with Gasteiger partial charge in [0.1, 0.15) is 0 Å². The molecule has 0 spiro atoms. The number of carbonyl (C=O) groups is 1. The second-order valence-electron chi connectivity index (χ2n) is 6.01. The fourth-order valence-corrected chi connectivity index (χ4v) is 3.31. The minimum absolute atomic E-state index is 0.0926. The van der Waals surface area contributed by atoms with Gasteiger partial charge in [0.05, 0.1) is 0 Å². The zero-order valence-corrected chi connectivity index (χ0v) is 13.4. The highest BCUT2D eigenvalue weighted by molar-refractivity contribution is 5.95. The maximum atomic E-state index is 12.5. The molecular formula is C20H19N3O. The summed E-state index contributed by atoms with van der Waals surface area (Å²) in [6, 6.07) is 18.4. The quantitative estimate of drug-likeness (QED) is 0.728. The number of carbonyl (C=O) groups excluding carboxylic acids is 1. The summed E-state index contributed by atoms with van der Waals surface area (Å²) in [6.45, 7) is 3.18. The van der Waals surface area contributed by atoms with Crippen LogP contribution in [0.2, 0.25) is 0 Å². The molecule has 0 atom stereocenters. The van der Waals surface area contributed by atoms with Gasteiger partial charge in [-0.05, 0) is 23.6 Å². The number of fused-ring (bicyclic) bond motifs is 1. The maximum absolute atomic E-state index is 12.5. The van der Waals surface area contributed by atoms with Crippen molar-refractivity contribution in [2.75, 3.05) is 31.1 Å². The smallest absolute Gasteiger partial charge is 0.254 e. The molecule has 1 aliphatic rings. The van der Waals surface area contributed by atoms with Gasteiger partial charge in [-0.15, -0.1) is 0 Å². The summed E-state index contributed by atoms with van der Waals surface area (Å²) >= 11 is 0. The lowest BCUT2D eigenvalue weighted by Crippen LogP contribution is -2.48. The molecule has 0 aliphatic carbocycles. The topological polar surface area (TPSA) is 36.4 Å². The second-order valence-corrected chi connectivity index (χ2v) is 6.01. The number of hydrogen-bond acceptors (Lipinski definition) is 3. The second kappa shape index (κ2) is 6.32. The molecule has 4 nitrogen and oxygen atoms in total. The van der Waals surface area contributed by atoms with Crippen molar-refractivity contribution in [2.45, 2.75) is 0 Å². The Morgan fingerprint density at radius 2 is 1.54 bits per heavy atom. The van der Waals surface area contributed by atoms with Crippen molar-refractivity contribution in [3.05, 3.63) is 72.6 Å². The van der Waals surface area contributed by atoms with E-state index in [1.165, 1.54) is 16.5 Å². The van der Waals surface area contributed by atoms with Gasteiger partial charge < -0.3 is 9.80 Å². The van der Waals surface area contributed by atoms with E-state index in [9.17, 15) is 4.79 Å². The van der Waals surface area contributed by atoms with Gasteiger partial charge >= 0.3 is 0 Å². The Labute approximate surface area is 141 Å². The predicted molar refractivity (Wildman–Crippen MR) is 96.3 cm³/mol. The molecule has 1 saturated heterocycles. The molecule has 0 saturated carbocycles. The zero-order chi connectivity index (χ0) is 16.4. The minimum atomic E-state index is 0.0926. The van der Waals surface area contributed by atoms with E-state index in [0.717, 1.165) is 26.2 Å². The monoisotopic (exact) mass is 317 g/mol. The summed E-state index contributed by atoms with van der Waals surface area (Å²) in [7, 11) is 0. The molecule has 1 fully saturated rings. The molecule has 0 radical (unpaired) electrons. The molecule has 2 aromatic carbocycles. The molecule has 1 aromatic heterocycles. The minimum Gasteiger partial charge on any atom is -0.367 e. The van der Waals surface area contributed by atoms with Crippen molar-refractivity contribution in [2.24, 2.45) is 0 Å². The van der Waals surface area contributed by atoms with Gasteiger partial charge in [0.15, 0.2) is 0 Å². The Hall–Kier alpha value is -2.88. The van der Waals surface area contributed by atoms with Crippen LogP contribution in [0, 0.1) is 0 Å². The van der Waals surface area contributed by atoms with Crippen molar-refractivity contribution >= 4 is 22.4 Å². The SMILES string of the molecule is O=C(c1ccncc1)N1CCN(c2cccc3ccccc23)CC1. The number of rotatable bonds is 2. The van der Waals surface area contributed by atoms with Crippen LogP contribution in [0.1, 0.15) is 10.4 Å². The lowest BCUT2D eigenvalue weighted by atomic mass is 10.1. The molecule has 120 valence electrons. The van der Waals surface area contributed by atoms with E-state index in [0.29, 0.717) is 5.56 Å². The third-order valence-electron chi connectivity index (χ3n) is 4.60.